The number of rotatable bonds is 5. The zero-order valence-corrected chi connectivity index (χ0v) is 18.6. The molecule has 33 heavy (non-hydrogen) atoms. The Kier molecular flexibility index (Phi) is 5.00. The summed E-state index contributed by atoms with van der Waals surface area (Å²) in [5.41, 5.74) is 3.32. The van der Waals surface area contributed by atoms with Crippen molar-refractivity contribution in [1.29, 1.82) is 0 Å². The summed E-state index contributed by atoms with van der Waals surface area (Å²) >= 11 is 0. The van der Waals surface area contributed by atoms with Gasteiger partial charge in [0.05, 0.1) is 28.8 Å². The van der Waals surface area contributed by atoms with Gasteiger partial charge in [-0.25, -0.2) is 9.97 Å². The Bertz CT molecular complexity index is 1180. The number of likely N-dealkylation sites (tertiary alicyclic amines) is 1. The van der Waals surface area contributed by atoms with E-state index in [-0.39, 0.29) is 18.4 Å². The molecule has 3 aromatic rings. The number of piperidine rings is 1. The highest BCUT2D eigenvalue weighted by atomic mass is 16.2. The number of imidazole rings is 1. The van der Waals surface area contributed by atoms with E-state index >= 15 is 0 Å². The molecule has 1 aliphatic carbocycles. The average molecular weight is 445 g/mol. The van der Waals surface area contributed by atoms with Gasteiger partial charge in [0.15, 0.2) is 0 Å². The molecule has 2 fully saturated rings. The summed E-state index contributed by atoms with van der Waals surface area (Å²) in [6.45, 7) is 2.43. The third kappa shape index (κ3) is 4.05. The SMILES string of the molecule is O=C(c1cnc2c(c1)N(CC1CC1)C(=O)CN2)N1CCCC(Cc2nc3ccccc3[nH]2)C1. The molecule has 2 aliphatic heterocycles. The van der Waals surface area contributed by atoms with E-state index < -0.39 is 0 Å². The van der Waals surface area contributed by atoms with E-state index in [9.17, 15) is 9.59 Å². The van der Waals surface area contributed by atoms with E-state index in [4.69, 9.17) is 4.98 Å². The fourth-order valence-electron chi connectivity index (χ4n) is 5.03. The van der Waals surface area contributed by atoms with Gasteiger partial charge >= 0.3 is 0 Å². The molecule has 2 aromatic heterocycles. The third-order valence-corrected chi connectivity index (χ3v) is 6.98. The van der Waals surface area contributed by atoms with E-state index in [2.05, 4.69) is 15.3 Å². The predicted octanol–water partition coefficient (Wildman–Crippen LogP) is 3.22. The van der Waals surface area contributed by atoms with Crippen molar-refractivity contribution >= 4 is 34.4 Å². The summed E-state index contributed by atoms with van der Waals surface area (Å²) in [7, 11) is 0. The second-order valence-electron chi connectivity index (χ2n) is 9.56. The summed E-state index contributed by atoms with van der Waals surface area (Å²) < 4.78 is 0. The van der Waals surface area contributed by atoms with Crippen molar-refractivity contribution in [3.8, 4) is 0 Å². The smallest absolute Gasteiger partial charge is 0.255 e. The lowest BCUT2D eigenvalue weighted by Crippen LogP contribution is -2.42. The van der Waals surface area contributed by atoms with Crippen LogP contribution in [0.1, 0.15) is 41.9 Å². The van der Waals surface area contributed by atoms with E-state index in [1.807, 2.05) is 40.1 Å². The molecular formula is C25H28N6O2. The van der Waals surface area contributed by atoms with Crippen LogP contribution in [0.15, 0.2) is 36.5 Å². The van der Waals surface area contributed by atoms with Gasteiger partial charge in [0.1, 0.15) is 11.6 Å². The molecule has 1 unspecified atom stereocenters. The highest BCUT2D eigenvalue weighted by molar-refractivity contribution is 6.04. The lowest BCUT2D eigenvalue weighted by molar-refractivity contribution is -0.117. The van der Waals surface area contributed by atoms with Crippen molar-refractivity contribution in [2.45, 2.75) is 32.1 Å². The second kappa shape index (κ2) is 8.17. The number of amides is 2. The summed E-state index contributed by atoms with van der Waals surface area (Å²) in [4.78, 5) is 42.3. The minimum absolute atomic E-state index is 0.0102. The van der Waals surface area contributed by atoms with Crippen LogP contribution < -0.4 is 10.2 Å². The highest BCUT2D eigenvalue weighted by Crippen LogP contribution is 2.35. The third-order valence-electron chi connectivity index (χ3n) is 6.98. The molecule has 0 bridgehead atoms. The maximum absolute atomic E-state index is 13.4. The van der Waals surface area contributed by atoms with Crippen LogP contribution in [0.5, 0.6) is 0 Å². The molecule has 4 heterocycles. The van der Waals surface area contributed by atoms with Crippen molar-refractivity contribution < 1.29 is 9.59 Å². The van der Waals surface area contributed by atoms with Crippen molar-refractivity contribution in [3.05, 3.63) is 47.9 Å². The van der Waals surface area contributed by atoms with E-state index in [0.29, 0.717) is 29.8 Å². The van der Waals surface area contributed by atoms with Crippen LogP contribution in [0.4, 0.5) is 11.5 Å². The van der Waals surface area contributed by atoms with Crippen LogP contribution in [0.3, 0.4) is 0 Å². The molecule has 0 spiro atoms. The Morgan fingerprint density at radius 2 is 2.03 bits per heavy atom. The lowest BCUT2D eigenvalue weighted by atomic mass is 9.94. The number of pyridine rings is 1. The standard InChI is InChI=1S/C25H28N6O2/c32-23-13-27-24-21(31(23)15-16-7-8-16)11-18(12-26-24)25(33)30-9-3-4-17(14-30)10-22-28-19-5-1-2-6-20(19)29-22/h1-2,5-6,11-12,16-17H,3-4,7-10,13-15H2,(H,26,27)(H,28,29). The molecule has 1 atom stereocenters. The topological polar surface area (TPSA) is 94.2 Å². The number of fused-ring (bicyclic) bond motifs is 2. The number of nitrogens with zero attached hydrogens (tertiary/aromatic N) is 4. The van der Waals surface area contributed by atoms with Gasteiger partial charge in [-0.2, -0.15) is 0 Å². The Morgan fingerprint density at radius 1 is 1.15 bits per heavy atom. The van der Waals surface area contributed by atoms with Crippen LogP contribution in [-0.4, -0.2) is 57.8 Å². The molecular weight excluding hydrogens is 416 g/mol. The normalized spacial score (nSPS) is 20.6. The minimum Gasteiger partial charge on any atom is -0.359 e. The van der Waals surface area contributed by atoms with Gasteiger partial charge < -0.3 is 20.1 Å². The van der Waals surface area contributed by atoms with Crippen molar-refractivity contribution in [2.24, 2.45) is 11.8 Å². The lowest BCUT2D eigenvalue weighted by Gasteiger charge is -2.33. The van der Waals surface area contributed by atoms with Gasteiger partial charge in [-0.05, 0) is 55.7 Å². The number of aromatic amines is 1. The highest BCUT2D eigenvalue weighted by Gasteiger charge is 2.33. The number of hydrogen-bond donors (Lipinski definition) is 2. The zero-order valence-electron chi connectivity index (χ0n) is 18.6. The number of carbonyl (C=O) groups excluding carboxylic acids is 2. The fraction of sp³-hybridized carbons (Fsp3) is 0.440. The largest absolute Gasteiger partial charge is 0.359 e. The number of hydrogen-bond acceptors (Lipinski definition) is 5. The van der Waals surface area contributed by atoms with Crippen molar-refractivity contribution in [1.82, 2.24) is 19.9 Å². The molecule has 1 saturated heterocycles. The molecule has 8 nitrogen and oxygen atoms in total. The van der Waals surface area contributed by atoms with Crippen LogP contribution in [0, 0.1) is 11.8 Å². The number of H-pyrrole nitrogens is 1. The number of nitrogens with one attached hydrogen (secondary N) is 2. The van der Waals surface area contributed by atoms with Crippen molar-refractivity contribution in [2.75, 3.05) is 36.4 Å². The summed E-state index contributed by atoms with van der Waals surface area (Å²) in [6, 6.07) is 9.90. The van der Waals surface area contributed by atoms with Gasteiger partial charge in [0.2, 0.25) is 5.91 Å². The zero-order chi connectivity index (χ0) is 22.4. The van der Waals surface area contributed by atoms with Gasteiger partial charge in [-0.3, -0.25) is 9.59 Å². The predicted molar refractivity (Wildman–Crippen MR) is 126 cm³/mol. The molecule has 0 radical (unpaired) electrons. The quantitative estimate of drug-likeness (QED) is 0.630. The average Bonchev–Trinajstić information content (AvgIpc) is 3.57. The maximum atomic E-state index is 13.4. The first-order valence-electron chi connectivity index (χ1n) is 11.9. The van der Waals surface area contributed by atoms with E-state index in [1.54, 1.807) is 6.20 Å². The maximum Gasteiger partial charge on any atom is 0.255 e. The van der Waals surface area contributed by atoms with Gasteiger partial charge in [0.25, 0.3) is 5.91 Å². The summed E-state index contributed by atoms with van der Waals surface area (Å²) in [5, 5.41) is 3.09. The van der Waals surface area contributed by atoms with Crippen LogP contribution in [0.2, 0.25) is 0 Å². The second-order valence-corrected chi connectivity index (χ2v) is 9.56. The monoisotopic (exact) mass is 444 g/mol. The first-order chi connectivity index (χ1) is 16.1. The molecule has 2 N–H and O–H groups in total. The number of anilines is 2. The van der Waals surface area contributed by atoms with Gasteiger partial charge in [0, 0.05) is 32.3 Å². The summed E-state index contributed by atoms with van der Waals surface area (Å²) in [5.74, 6) is 2.64. The molecule has 1 saturated carbocycles. The minimum atomic E-state index is -0.0102. The number of para-hydroxylation sites is 2. The Morgan fingerprint density at radius 3 is 2.88 bits per heavy atom. The fourth-order valence-corrected chi connectivity index (χ4v) is 5.03. The number of benzene rings is 1. The molecule has 6 rings (SSSR count). The van der Waals surface area contributed by atoms with Crippen LogP contribution >= 0.6 is 0 Å². The Balaban J connectivity index is 1.18. The Labute approximate surface area is 192 Å². The van der Waals surface area contributed by atoms with E-state index in [0.717, 1.165) is 54.9 Å². The summed E-state index contributed by atoms with van der Waals surface area (Å²) in [6.07, 6.45) is 6.86. The van der Waals surface area contributed by atoms with Gasteiger partial charge in [-0.1, -0.05) is 12.1 Å². The van der Waals surface area contributed by atoms with Gasteiger partial charge in [-0.15, -0.1) is 0 Å². The number of carbonyl (C=O) groups is 2. The first-order valence-corrected chi connectivity index (χ1v) is 11.9. The van der Waals surface area contributed by atoms with Crippen molar-refractivity contribution in [3.63, 3.8) is 0 Å². The molecule has 170 valence electrons. The molecule has 1 aromatic carbocycles. The molecule has 3 aliphatic rings. The van der Waals surface area contributed by atoms with Crippen LogP contribution in [0.25, 0.3) is 11.0 Å². The molecule has 2 amide bonds. The van der Waals surface area contributed by atoms with Crippen LogP contribution in [-0.2, 0) is 11.2 Å². The Hall–Kier alpha value is -3.42. The first kappa shape index (κ1) is 20.2. The van der Waals surface area contributed by atoms with E-state index in [1.165, 1.54) is 12.8 Å². The molecule has 8 heteroatoms. The number of aromatic nitrogens is 3.